The van der Waals surface area contributed by atoms with Crippen molar-refractivity contribution in [3.8, 4) is 0 Å². The van der Waals surface area contributed by atoms with Gasteiger partial charge in [-0.1, -0.05) is 20.8 Å². The monoisotopic (exact) mass is 255 g/mol. The van der Waals surface area contributed by atoms with Crippen LogP contribution in [-0.4, -0.2) is 43.0 Å². The minimum Gasteiger partial charge on any atom is -0.368 e. The van der Waals surface area contributed by atoms with Gasteiger partial charge in [0.2, 0.25) is 5.91 Å². The smallest absolute Gasteiger partial charge is 0.238 e. The van der Waals surface area contributed by atoms with E-state index in [4.69, 9.17) is 5.73 Å². The number of piperidine rings is 1. The molecule has 18 heavy (non-hydrogen) atoms. The largest absolute Gasteiger partial charge is 0.368 e. The Morgan fingerprint density at radius 3 is 2.11 bits per heavy atom. The van der Waals surface area contributed by atoms with Crippen molar-refractivity contribution in [1.29, 1.82) is 0 Å². The first-order chi connectivity index (χ1) is 8.19. The highest BCUT2D eigenvalue weighted by atomic mass is 16.1. The highest BCUT2D eigenvalue weighted by Crippen LogP contribution is 2.34. The molecule has 0 spiro atoms. The van der Waals surface area contributed by atoms with E-state index in [1.165, 1.54) is 12.8 Å². The van der Waals surface area contributed by atoms with Crippen LogP contribution in [0.5, 0.6) is 0 Å². The molecule has 1 fully saturated rings. The number of hydrogen-bond donors (Lipinski definition) is 2. The van der Waals surface area contributed by atoms with Crippen LogP contribution in [0, 0.1) is 11.3 Å². The number of carbonyl (C=O) groups excluding carboxylic acids is 1. The maximum absolute atomic E-state index is 11.5. The molecule has 1 amide bonds. The van der Waals surface area contributed by atoms with E-state index in [0.29, 0.717) is 12.0 Å². The summed E-state index contributed by atoms with van der Waals surface area (Å²) in [5, 5.41) is 3.05. The van der Waals surface area contributed by atoms with E-state index in [-0.39, 0.29) is 5.91 Å². The fourth-order valence-corrected chi connectivity index (χ4v) is 2.68. The number of hydrogen-bond acceptors (Lipinski definition) is 3. The van der Waals surface area contributed by atoms with E-state index in [0.717, 1.165) is 19.0 Å². The molecule has 0 aliphatic carbocycles. The molecule has 4 heteroatoms. The molecule has 0 aromatic rings. The lowest BCUT2D eigenvalue weighted by atomic mass is 9.75. The zero-order chi connectivity index (χ0) is 14.0. The van der Waals surface area contributed by atoms with Crippen molar-refractivity contribution in [2.45, 2.75) is 46.1 Å². The van der Waals surface area contributed by atoms with Gasteiger partial charge in [0.15, 0.2) is 0 Å². The molecule has 1 unspecified atom stereocenters. The van der Waals surface area contributed by atoms with Gasteiger partial charge in [0.05, 0.1) is 0 Å². The molecule has 1 rings (SSSR count). The number of rotatable bonds is 4. The lowest BCUT2D eigenvalue weighted by Crippen LogP contribution is -2.59. The van der Waals surface area contributed by atoms with Gasteiger partial charge in [-0.2, -0.15) is 0 Å². The van der Waals surface area contributed by atoms with Gasteiger partial charge in [0.1, 0.15) is 5.54 Å². The Labute approximate surface area is 111 Å². The number of likely N-dealkylation sites (N-methyl/N-ethyl adjacent to an activating group) is 1. The minimum absolute atomic E-state index is 0.275. The van der Waals surface area contributed by atoms with Crippen molar-refractivity contribution >= 4 is 5.91 Å². The number of nitrogens with zero attached hydrogens (tertiary/aromatic N) is 1. The number of amides is 1. The molecule has 0 aromatic carbocycles. The molecule has 0 bridgehead atoms. The third kappa shape index (κ3) is 3.69. The molecule has 0 saturated carbocycles. The summed E-state index contributed by atoms with van der Waals surface area (Å²) in [6.45, 7) is 11.7. The molecule has 1 aliphatic heterocycles. The van der Waals surface area contributed by atoms with Crippen LogP contribution in [0.4, 0.5) is 0 Å². The topological polar surface area (TPSA) is 58.4 Å². The van der Waals surface area contributed by atoms with Gasteiger partial charge in [0.25, 0.3) is 0 Å². The zero-order valence-corrected chi connectivity index (χ0v) is 12.5. The Morgan fingerprint density at radius 2 is 1.78 bits per heavy atom. The predicted octanol–water partition coefficient (Wildman–Crippen LogP) is 1.21. The molecule has 3 N–H and O–H groups in total. The van der Waals surface area contributed by atoms with Crippen LogP contribution in [0.3, 0.4) is 0 Å². The van der Waals surface area contributed by atoms with Crippen LogP contribution in [-0.2, 0) is 4.79 Å². The lowest BCUT2D eigenvalue weighted by Gasteiger charge is -2.41. The first kappa shape index (κ1) is 15.4. The Bertz CT molecular complexity index is 290. The molecule has 0 aromatic heterocycles. The molecule has 0 radical (unpaired) electrons. The molecule has 1 aliphatic rings. The number of likely N-dealkylation sites (tertiary alicyclic amines) is 1. The van der Waals surface area contributed by atoms with Gasteiger partial charge in [0, 0.05) is 6.54 Å². The summed E-state index contributed by atoms with van der Waals surface area (Å²) in [4.78, 5) is 13.8. The van der Waals surface area contributed by atoms with Crippen molar-refractivity contribution in [1.82, 2.24) is 10.2 Å². The summed E-state index contributed by atoms with van der Waals surface area (Å²) in [5.74, 6) is 0.506. The quantitative estimate of drug-likeness (QED) is 0.794. The summed E-state index contributed by atoms with van der Waals surface area (Å²) in [6.07, 6.45) is 2.42. The molecular formula is C14H29N3O. The van der Waals surface area contributed by atoms with Crippen molar-refractivity contribution < 1.29 is 4.79 Å². The van der Waals surface area contributed by atoms with Crippen molar-refractivity contribution in [2.75, 3.05) is 26.7 Å². The Hall–Kier alpha value is -0.610. The molecule has 1 atom stereocenters. The summed E-state index contributed by atoms with van der Waals surface area (Å²) in [6, 6.07) is 0. The van der Waals surface area contributed by atoms with Crippen LogP contribution >= 0.6 is 0 Å². The second-order valence-corrected chi connectivity index (χ2v) is 6.86. The van der Waals surface area contributed by atoms with Gasteiger partial charge in [-0.05, 0) is 51.2 Å². The van der Waals surface area contributed by atoms with E-state index in [1.54, 1.807) is 7.05 Å². The van der Waals surface area contributed by atoms with E-state index in [9.17, 15) is 4.79 Å². The fourth-order valence-electron chi connectivity index (χ4n) is 2.68. The summed E-state index contributed by atoms with van der Waals surface area (Å²) < 4.78 is 0. The van der Waals surface area contributed by atoms with Crippen LogP contribution in [0.1, 0.15) is 40.5 Å². The maximum Gasteiger partial charge on any atom is 0.238 e. The number of primary amides is 1. The third-order valence-corrected chi connectivity index (χ3v) is 4.45. The molecule has 1 saturated heterocycles. The minimum atomic E-state index is -0.616. The number of nitrogens with two attached hydrogens (primary N) is 1. The first-order valence-electron chi connectivity index (χ1n) is 6.90. The Morgan fingerprint density at radius 1 is 1.28 bits per heavy atom. The standard InChI is InChI=1S/C14H29N3O/c1-13(2,3)11-6-8-17(9-7-11)10-14(4,16-5)12(15)18/h11,16H,6-10H2,1-5H3,(H2,15,18). The number of nitrogens with one attached hydrogen (secondary N) is 1. The predicted molar refractivity (Wildman–Crippen MR) is 75.3 cm³/mol. The van der Waals surface area contributed by atoms with Gasteiger partial charge in [-0.25, -0.2) is 0 Å². The van der Waals surface area contributed by atoms with Gasteiger partial charge in [-0.15, -0.1) is 0 Å². The lowest BCUT2D eigenvalue weighted by molar-refractivity contribution is -0.124. The average Bonchev–Trinajstić information content (AvgIpc) is 2.28. The molecule has 1 heterocycles. The number of carbonyl (C=O) groups is 1. The zero-order valence-electron chi connectivity index (χ0n) is 12.5. The summed E-state index contributed by atoms with van der Waals surface area (Å²) in [7, 11) is 1.80. The van der Waals surface area contributed by atoms with Gasteiger partial charge < -0.3 is 16.0 Å². The SMILES string of the molecule is CNC(C)(CN1CCC(C(C)(C)C)CC1)C(N)=O. The van der Waals surface area contributed by atoms with Crippen molar-refractivity contribution in [2.24, 2.45) is 17.1 Å². The summed E-state index contributed by atoms with van der Waals surface area (Å²) in [5.41, 5.74) is 5.24. The highest BCUT2D eigenvalue weighted by molar-refractivity contribution is 5.84. The second kappa shape index (κ2) is 5.57. The molecule has 4 nitrogen and oxygen atoms in total. The average molecular weight is 255 g/mol. The molecular weight excluding hydrogens is 226 g/mol. The van der Waals surface area contributed by atoms with E-state index >= 15 is 0 Å². The van der Waals surface area contributed by atoms with E-state index in [2.05, 4.69) is 31.0 Å². The fraction of sp³-hybridized carbons (Fsp3) is 0.929. The normalized spacial score (nSPS) is 22.7. The Balaban J connectivity index is 2.52. The third-order valence-electron chi connectivity index (χ3n) is 4.45. The van der Waals surface area contributed by atoms with Crippen molar-refractivity contribution in [3.63, 3.8) is 0 Å². The van der Waals surface area contributed by atoms with Gasteiger partial charge in [-0.3, -0.25) is 4.79 Å². The maximum atomic E-state index is 11.5. The molecule has 106 valence electrons. The summed E-state index contributed by atoms with van der Waals surface area (Å²) >= 11 is 0. The van der Waals surface area contributed by atoms with Crippen LogP contribution in [0.2, 0.25) is 0 Å². The Kier molecular flexibility index (Phi) is 4.78. The van der Waals surface area contributed by atoms with Crippen LogP contribution in [0.15, 0.2) is 0 Å². The van der Waals surface area contributed by atoms with Crippen molar-refractivity contribution in [3.05, 3.63) is 0 Å². The van der Waals surface area contributed by atoms with Crippen LogP contribution in [0.25, 0.3) is 0 Å². The van der Waals surface area contributed by atoms with E-state index < -0.39 is 5.54 Å². The highest BCUT2D eigenvalue weighted by Gasteiger charge is 2.34. The van der Waals surface area contributed by atoms with Gasteiger partial charge >= 0.3 is 0 Å². The first-order valence-corrected chi connectivity index (χ1v) is 6.90. The van der Waals surface area contributed by atoms with Crippen LogP contribution < -0.4 is 11.1 Å². The second-order valence-electron chi connectivity index (χ2n) is 6.86. The van der Waals surface area contributed by atoms with E-state index in [1.807, 2.05) is 6.92 Å².